The standard InChI is InChI=1S/C15H18N4O3S2/c1-4-22-15(21)16-14-13(10(3)19-24-14)9(2)17-18-12(20)8-11-6-5-7-23-11/h5-7H,4,8H2,1-3H3,(H,16,21)(H,18,20)/b17-9+. The summed E-state index contributed by atoms with van der Waals surface area (Å²) >= 11 is 2.66. The molecule has 0 aliphatic rings. The molecule has 2 amide bonds. The predicted octanol–water partition coefficient (Wildman–Crippen LogP) is 3.16. The number of carbonyl (C=O) groups is 2. The summed E-state index contributed by atoms with van der Waals surface area (Å²) < 4.78 is 9.09. The number of amides is 2. The number of rotatable bonds is 6. The molecule has 2 N–H and O–H groups in total. The summed E-state index contributed by atoms with van der Waals surface area (Å²) in [7, 11) is 0. The zero-order valence-electron chi connectivity index (χ0n) is 13.6. The van der Waals surface area contributed by atoms with E-state index in [1.807, 2.05) is 24.4 Å². The summed E-state index contributed by atoms with van der Waals surface area (Å²) in [4.78, 5) is 24.5. The Morgan fingerprint density at radius 3 is 2.88 bits per heavy atom. The molecule has 0 radical (unpaired) electrons. The van der Waals surface area contributed by atoms with Gasteiger partial charge in [-0.3, -0.25) is 10.1 Å². The average molecular weight is 366 g/mol. The number of ether oxygens (including phenoxy) is 1. The summed E-state index contributed by atoms with van der Waals surface area (Å²) in [6.45, 7) is 5.58. The van der Waals surface area contributed by atoms with Crippen molar-refractivity contribution in [2.75, 3.05) is 11.9 Å². The van der Waals surface area contributed by atoms with Crippen LogP contribution in [0, 0.1) is 6.92 Å². The van der Waals surface area contributed by atoms with Crippen molar-refractivity contribution in [3.05, 3.63) is 33.6 Å². The average Bonchev–Trinajstić information content (AvgIpc) is 3.15. The Bertz CT molecular complexity index is 738. The Morgan fingerprint density at radius 2 is 2.21 bits per heavy atom. The minimum Gasteiger partial charge on any atom is -0.450 e. The summed E-state index contributed by atoms with van der Waals surface area (Å²) in [5, 5.41) is 9.22. The van der Waals surface area contributed by atoms with Crippen molar-refractivity contribution >= 4 is 45.6 Å². The molecule has 0 spiro atoms. The fraction of sp³-hybridized carbons (Fsp3) is 0.333. The van der Waals surface area contributed by atoms with Crippen molar-refractivity contribution in [2.45, 2.75) is 27.2 Å². The zero-order chi connectivity index (χ0) is 17.5. The minimum atomic E-state index is -0.545. The van der Waals surface area contributed by atoms with Gasteiger partial charge < -0.3 is 4.74 Å². The fourth-order valence-corrected chi connectivity index (χ4v) is 3.49. The molecule has 7 nitrogen and oxygen atoms in total. The van der Waals surface area contributed by atoms with Crippen LogP contribution in [0.2, 0.25) is 0 Å². The van der Waals surface area contributed by atoms with E-state index in [1.54, 1.807) is 13.8 Å². The lowest BCUT2D eigenvalue weighted by molar-refractivity contribution is -0.120. The van der Waals surface area contributed by atoms with Gasteiger partial charge in [-0.05, 0) is 43.8 Å². The normalized spacial score (nSPS) is 11.2. The summed E-state index contributed by atoms with van der Waals surface area (Å²) in [6.07, 6.45) is -0.264. The van der Waals surface area contributed by atoms with E-state index in [0.717, 1.165) is 22.1 Å². The van der Waals surface area contributed by atoms with Gasteiger partial charge in [-0.25, -0.2) is 10.2 Å². The van der Waals surface area contributed by atoms with Gasteiger partial charge in [0.2, 0.25) is 5.91 Å². The molecule has 0 bridgehead atoms. The Balaban J connectivity index is 2.05. The lowest BCUT2D eigenvalue weighted by Crippen LogP contribution is -2.21. The summed E-state index contributed by atoms with van der Waals surface area (Å²) in [5.74, 6) is -0.197. The van der Waals surface area contributed by atoms with Gasteiger partial charge in [-0.2, -0.15) is 9.47 Å². The largest absolute Gasteiger partial charge is 0.450 e. The van der Waals surface area contributed by atoms with Crippen LogP contribution in [0.15, 0.2) is 22.6 Å². The van der Waals surface area contributed by atoms with Gasteiger partial charge in [0.1, 0.15) is 5.00 Å². The third-order valence-electron chi connectivity index (χ3n) is 2.98. The second kappa shape index (κ2) is 8.55. The van der Waals surface area contributed by atoms with Crippen molar-refractivity contribution in [1.82, 2.24) is 9.80 Å². The van der Waals surface area contributed by atoms with Crippen molar-refractivity contribution in [1.29, 1.82) is 0 Å². The molecule has 2 aromatic heterocycles. The topological polar surface area (TPSA) is 92.7 Å². The van der Waals surface area contributed by atoms with Crippen molar-refractivity contribution in [2.24, 2.45) is 5.10 Å². The number of hydrogen-bond acceptors (Lipinski definition) is 7. The van der Waals surface area contributed by atoms with E-state index in [-0.39, 0.29) is 18.9 Å². The molecule has 0 aliphatic carbocycles. The van der Waals surface area contributed by atoms with Gasteiger partial charge in [-0.1, -0.05) is 6.07 Å². The van der Waals surface area contributed by atoms with Crippen LogP contribution in [0.25, 0.3) is 0 Å². The van der Waals surface area contributed by atoms with Crippen molar-refractivity contribution in [3.63, 3.8) is 0 Å². The highest BCUT2D eigenvalue weighted by Crippen LogP contribution is 2.25. The Morgan fingerprint density at radius 1 is 1.42 bits per heavy atom. The molecule has 0 fully saturated rings. The van der Waals surface area contributed by atoms with Crippen LogP contribution in [-0.2, 0) is 16.0 Å². The summed E-state index contributed by atoms with van der Waals surface area (Å²) in [6, 6.07) is 3.80. The van der Waals surface area contributed by atoms with Gasteiger partial charge in [0.15, 0.2) is 0 Å². The Hall–Kier alpha value is -2.26. The van der Waals surface area contributed by atoms with Crippen LogP contribution < -0.4 is 10.7 Å². The van der Waals surface area contributed by atoms with Crippen LogP contribution in [0.1, 0.15) is 30.0 Å². The molecule has 2 heterocycles. The van der Waals surface area contributed by atoms with Crippen molar-refractivity contribution in [3.8, 4) is 0 Å². The number of hydrogen-bond donors (Lipinski definition) is 2. The highest BCUT2D eigenvalue weighted by Gasteiger charge is 2.16. The first-order valence-corrected chi connectivity index (χ1v) is 8.92. The van der Waals surface area contributed by atoms with Crippen LogP contribution in [0.3, 0.4) is 0 Å². The van der Waals surface area contributed by atoms with E-state index in [0.29, 0.717) is 16.3 Å². The molecule has 0 saturated heterocycles. The molecule has 9 heteroatoms. The van der Waals surface area contributed by atoms with Crippen LogP contribution in [0.5, 0.6) is 0 Å². The minimum absolute atomic E-state index is 0.197. The fourth-order valence-electron chi connectivity index (χ4n) is 1.95. The lowest BCUT2D eigenvalue weighted by atomic mass is 10.2. The molecule has 2 rings (SSSR count). The van der Waals surface area contributed by atoms with Gasteiger partial charge in [0.05, 0.1) is 30.0 Å². The number of nitrogens with zero attached hydrogens (tertiary/aromatic N) is 2. The number of nitrogens with one attached hydrogen (secondary N) is 2. The molecule has 2 aromatic rings. The lowest BCUT2D eigenvalue weighted by Gasteiger charge is -2.06. The first kappa shape index (κ1) is 18.1. The zero-order valence-corrected chi connectivity index (χ0v) is 15.2. The third kappa shape index (κ3) is 4.87. The molecular formula is C15H18N4O3S2. The number of thiophene rings is 1. The van der Waals surface area contributed by atoms with E-state index >= 15 is 0 Å². The van der Waals surface area contributed by atoms with E-state index in [4.69, 9.17) is 4.74 Å². The first-order chi connectivity index (χ1) is 11.5. The Kier molecular flexibility index (Phi) is 6.44. The van der Waals surface area contributed by atoms with Gasteiger partial charge >= 0.3 is 6.09 Å². The predicted molar refractivity (Wildman–Crippen MR) is 95.9 cm³/mol. The Labute approximate surface area is 147 Å². The highest BCUT2D eigenvalue weighted by atomic mass is 32.1. The smallest absolute Gasteiger partial charge is 0.412 e. The molecule has 0 saturated carbocycles. The maximum absolute atomic E-state index is 11.9. The summed E-state index contributed by atoms with van der Waals surface area (Å²) in [5.41, 5.74) is 4.50. The van der Waals surface area contributed by atoms with Crippen molar-refractivity contribution < 1.29 is 14.3 Å². The molecule has 128 valence electrons. The molecule has 24 heavy (non-hydrogen) atoms. The first-order valence-electron chi connectivity index (χ1n) is 7.27. The molecule has 0 aliphatic heterocycles. The van der Waals surface area contributed by atoms with E-state index in [9.17, 15) is 9.59 Å². The highest BCUT2D eigenvalue weighted by molar-refractivity contribution is 7.11. The SMILES string of the molecule is CCOC(=O)Nc1snc(C)c1/C(C)=N/NC(=O)Cc1cccs1. The monoisotopic (exact) mass is 366 g/mol. The quantitative estimate of drug-likeness (QED) is 0.607. The second-order valence-electron chi connectivity index (χ2n) is 4.81. The maximum atomic E-state index is 11.9. The van der Waals surface area contributed by atoms with Crippen LogP contribution in [-0.4, -0.2) is 28.7 Å². The van der Waals surface area contributed by atoms with Gasteiger partial charge in [-0.15, -0.1) is 11.3 Å². The maximum Gasteiger partial charge on any atom is 0.412 e. The number of hydrazone groups is 1. The van der Waals surface area contributed by atoms with E-state index < -0.39 is 6.09 Å². The number of carbonyl (C=O) groups excluding carboxylic acids is 2. The second-order valence-corrected chi connectivity index (χ2v) is 6.61. The van der Waals surface area contributed by atoms with Crippen LogP contribution >= 0.6 is 22.9 Å². The number of aryl methyl sites for hydroxylation is 1. The molecular weight excluding hydrogens is 348 g/mol. The number of aromatic nitrogens is 1. The van der Waals surface area contributed by atoms with E-state index in [1.165, 1.54) is 11.3 Å². The van der Waals surface area contributed by atoms with Gasteiger partial charge in [0.25, 0.3) is 0 Å². The molecule has 0 atom stereocenters. The third-order valence-corrected chi connectivity index (χ3v) is 4.71. The molecule has 0 aromatic carbocycles. The number of anilines is 1. The molecule has 0 unspecified atom stereocenters. The van der Waals surface area contributed by atoms with E-state index in [2.05, 4.69) is 20.2 Å². The van der Waals surface area contributed by atoms with Gasteiger partial charge in [0, 0.05) is 4.88 Å². The van der Waals surface area contributed by atoms with Crippen LogP contribution in [0.4, 0.5) is 9.80 Å².